The highest BCUT2D eigenvalue weighted by atomic mass is 35.5. The summed E-state index contributed by atoms with van der Waals surface area (Å²) in [4.78, 5) is 17.5. The lowest BCUT2D eigenvalue weighted by Crippen LogP contribution is -2.19. The van der Waals surface area contributed by atoms with Gasteiger partial charge in [0.05, 0.1) is 0 Å². The molecule has 0 saturated carbocycles. The first-order valence-corrected chi connectivity index (χ1v) is 9.96. The number of rotatable bonds is 6. The normalized spacial score (nSPS) is 10.8. The van der Waals surface area contributed by atoms with Crippen molar-refractivity contribution >= 4 is 44.7 Å². The van der Waals surface area contributed by atoms with Crippen LogP contribution in [0.2, 0.25) is 5.02 Å². The molecule has 0 bridgehead atoms. The molecular weight excluding hydrogens is 392 g/mol. The number of anilines is 1. The number of amides is 1. The number of halogens is 1. The number of carbonyl (C=O) groups excluding carboxylic acids is 1. The van der Waals surface area contributed by atoms with Crippen molar-refractivity contribution in [3.8, 4) is 5.75 Å². The van der Waals surface area contributed by atoms with E-state index in [1.165, 1.54) is 11.3 Å². The van der Waals surface area contributed by atoms with E-state index in [9.17, 15) is 4.79 Å². The molecule has 0 unspecified atom stereocenters. The lowest BCUT2D eigenvalue weighted by molar-refractivity contribution is -0.118. The molecule has 0 spiro atoms. The summed E-state index contributed by atoms with van der Waals surface area (Å²) in [5.74, 6) is 0.428. The highest BCUT2D eigenvalue weighted by Crippen LogP contribution is 2.23. The van der Waals surface area contributed by atoms with Crippen LogP contribution in [-0.4, -0.2) is 17.5 Å². The summed E-state index contributed by atoms with van der Waals surface area (Å²) in [6.45, 7) is -0.0650. The third-order valence-electron chi connectivity index (χ3n) is 4.18. The van der Waals surface area contributed by atoms with Gasteiger partial charge in [-0.05, 0) is 40.6 Å². The first kappa shape index (κ1) is 18.5. The number of nitrogens with one attached hydrogen (secondary N) is 1. The van der Waals surface area contributed by atoms with Crippen molar-refractivity contribution in [1.82, 2.24) is 4.98 Å². The van der Waals surface area contributed by atoms with Gasteiger partial charge in [-0.1, -0.05) is 54.1 Å². The molecular formula is C22H17ClN2O2S. The summed E-state index contributed by atoms with van der Waals surface area (Å²) in [6, 6.07) is 21.5. The molecule has 1 amide bonds. The average Bonchev–Trinajstić information content (AvgIpc) is 3.14. The van der Waals surface area contributed by atoms with Crippen molar-refractivity contribution in [3.63, 3.8) is 0 Å². The van der Waals surface area contributed by atoms with Crippen LogP contribution in [0.15, 0.2) is 72.9 Å². The Kier molecular flexibility index (Phi) is 5.55. The Bertz CT molecular complexity index is 1110. The fraction of sp³-hybridized carbons (Fsp3) is 0.0909. The Morgan fingerprint density at radius 1 is 1.04 bits per heavy atom. The summed E-state index contributed by atoms with van der Waals surface area (Å²) in [7, 11) is 0. The molecule has 0 atom stereocenters. The molecule has 140 valence electrons. The molecule has 0 aliphatic carbocycles. The molecule has 1 heterocycles. The van der Waals surface area contributed by atoms with Gasteiger partial charge in [-0.2, -0.15) is 0 Å². The maximum absolute atomic E-state index is 12.2. The second kappa shape index (κ2) is 8.42. The van der Waals surface area contributed by atoms with Crippen LogP contribution < -0.4 is 10.1 Å². The molecule has 0 aliphatic heterocycles. The van der Waals surface area contributed by atoms with Gasteiger partial charge in [0.15, 0.2) is 11.7 Å². The molecule has 0 aliphatic rings. The standard InChI is InChI=1S/C22H17ClN2O2S/c23-18-8-5-15(6-9-18)11-20-13-24-22(28-20)25-21(26)14-27-19-10-7-16-3-1-2-4-17(16)12-19/h1-10,12-13H,11,14H2,(H,24,25,26). The molecule has 4 aromatic rings. The number of aromatic nitrogens is 1. The first-order valence-electron chi connectivity index (χ1n) is 8.76. The number of hydrogen-bond acceptors (Lipinski definition) is 4. The van der Waals surface area contributed by atoms with E-state index in [-0.39, 0.29) is 12.5 Å². The molecule has 0 saturated heterocycles. The Morgan fingerprint density at radius 3 is 2.64 bits per heavy atom. The van der Waals surface area contributed by atoms with Crippen LogP contribution in [0.4, 0.5) is 5.13 Å². The van der Waals surface area contributed by atoms with Gasteiger partial charge in [0, 0.05) is 22.5 Å². The van der Waals surface area contributed by atoms with Crippen LogP contribution in [0.25, 0.3) is 10.8 Å². The SMILES string of the molecule is O=C(COc1ccc2ccccc2c1)Nc1ncc(Cc2ccc(Cl)cc2)s1. The zero-order chi connectivity index (χ0) is 19.3. The van der Waals surface area contributed by atoms with Gasteiger partial charge >= 0.3 is 0 Å². The molecule has 0 radical (unpaired) electrons. The Morgan fingerprint density at radius 2 is 1.82 bits per heavy atom. The van der Waals surface area contributed by atoms with Gasteiger partial charge in [0.2, 0.25) is 0 Å². The number of nitrogens with zero attached hydrogens (tertiary/aromatic N) is 1. The van der Waals surface area contributed by atoms with Gasteiger partial charge < -0.3 is 4.74 Å². The zero-order valence-electron chi connectivity index (χ0n) is 14.9. The van der Waals surface area contributed by atoms with Gasteiger partial charge in [-0.3, -0.25) is 10.1 Å². The largest absolute Gasteiger partial charge is 0.484 e. The van der Waals surface area contributed by atoms with E-state index in [4.69, 9.17) is 16.3 Å². The second-order valence-electron chi connectivity index (χ2n) is 6.28. The van der Waals surface area contributed by atoms with Crippen LogP contribution in [0.1, 0.15) is 10.4 Å². The number of fused-ring (bicyclic) bond motifs is 1. The quantitative estimate of drug-likeness (QED) is 0.454. The molecule has 0 fully saturated rings. The lowest BCUT2D eigenvalue weighted by Gasteiger charge is -2.07. The monoisotopic (exact) mass is 408 g/mol. The fourth-order valence-electron chi connectivity index (χ4n) is 2.81. The van der Waals surface area contributed by atoms with E-state index in [1.54, 1.807) is 6.20 Å². The smallest absolute Gasteiger partial charge is 0.264 e. The maximum Gasteiger partial charge on any atom is 0.264 e. The van der Waals surface area contributed by atoms with Crippen LogP contribution in [0, 0.1) is 0 Å². The van der Waals surface area contributed by atoms with Crippen LogP contribution >= 0.6 is 22.9 Å². The van der Waals surface area contributed by atoms with Crippen molar-refractivity contribution in [2.75, 3.05) is 11.9 Å². The number of thiazole rings is 1. The van der Waals surface area contributed by atoms with E-state index < -0.39 is 0 Å². The Hall–Kier alpha value is -2.89. The lowest BCUT2D eigenvalue weighted by atomic mass is 10.1. The zero-order valence-corrected chi connectivity index (χ0v) is 16.5. The highest BCUT2D eigenvalue weighted by molar-refractivity contribution is 7.15. The third-order valence-corrected chi connectivity index (χ3v) is 5.35. The molecule has 4 nitrogen and oxygen atoms in total. The highest BCUT2D eigenvalue weighted by Gasteiger charge is 2.09. The maximum atomic E-state index is 12.2. The fourth-order valence-corrected chi connectivity index (χ4v) is 3.80. The van der Waals surface area contributed by atoms with Crippen molar-refractivity contribution in [2.24, 2.45) is 0 Å². The van der Waals surface area contributed by atoms with E-state index in [1.807, 2.05) is 66.7 Å². The van der Waals surface area contributed by atoms with Crippen LogP contribution in [0.5, 0.6) is 5.75 Å². The predicted molar refractivity (Wildman–Crippen MR) is 114 cm³/mol. The number of carbonyl (C=O) groups is 1. The van der Waals surface area contributed by atoms with E-state index in [0.29, 0.717) is 15.9 Å². The summed E-state index contributed by atoms with van der Waals surface area (Å²) >= 11 is 7.36. The minimum atomic E-state index is -0.236. The molecule has 4 rings (SSSR count). The molecule has 3 aromatic carbocycles. The van der Waals surface area contributed by atoms with Crippen molar-refractivity contribution in [2.45, 2.75) is 6.42 Å². The molecule has 6 heteroatoms. The average molecular weight is 409 g/mol. The topological polar surface area (TPSA) is 51.2 Å². The Balaban J connectivity index is 1.32. The summed E-state index contributed by atoms with van der Waals surface area (Å²) in [5.41, 5.74) is 1.14. The number of benzene rings is 3. The number of hydrogen-bond donors (Lipinski definition) is 1. The third kappa shape index (κ3) is 4.68. The van der Waals surface area contributed by atoms with Crippen LogP contribution in [-0.2, 0) is 11.2 Å². The Labute approximate surface area is 171 Å². The van der Waals surface area contributed by atoms with Gasteiger partial charge in [0.1, 0.15) is 5.75 Å². The van der Waals surface area contributed by atoms with Crippen molar-refractivity contribution < 1.29 is 9.53 Å². The molecule has 28 heavy (non-hydrogen) atoms. The van der Waals surface area contributed by atoms with Gasteiger partial charge in [0.25, 0.3) is 5.91 Å². The predicted octanol–water partition coefficient (Wildman–Crippen LogP) is 5.56. The van der Waals surface area contributed by atoms with E-state index in [0.717, 1.165) is 27.6 Å². The minimum absolute atomic E-state index is 0.0650. The van der Waals surface area contributed by atoms with Crippen molar-refractivity contribution in [3.05, 3.63) is 88.4 Å². The van der Waals surface area contributed by atoms with E-state index >= 15 is 0 Å². The van der Waals surface area contributed by atoms with E-state index in [2.05, 4.69) is 10.3 Å². The van der Waals surface area contributed by atoms with Gasteiger partial charge in [-0.25, -0.2) is 4.98 Å². The number of ether oxygens (including phenoxy) is 1. The summed E-state index contributed by atoms with van der Waals surface area (Å²) in [5, 5.41) is 6.28. The minimum Gasteiger partial charge on any atom is -0.484 e. The first-order chi connectivity index (χ1) is 13.7. The van der Waals surface area contributed by atoms with Crippen LogP contribution in [0.3, 0.4) is 0 Å². The summed E-state index contributed by atoms with van der Waals surface area (Å²) < 4.78 is 5.61. The van der Waals surface area contributed by atoms with Gasteiger partial charge in [-0.15, -0.1) is 11.3 Å². The molecule has 1 N–H and O–H groups in total. The van der Waals surface area contributed by atoms with Crippen molar-refractivity contribution in [1.29, 1.82) is 0 Å². The molecule has 1 aromatic heterocycles. The second-order valence-corrected chi connectivity index (χ2v) is 7.83. The summed E-state index contributed by atoms with van der Waals surface area (Å²) in [6.07, 6.45) is 2.53.